The maximum Gasteiger partial charge on any atom is 0.195 e. The van der Waals surface area contributed by atoms with Gasteiger partial charge in [0.25, 0.3) is 0 Å². The highest BCUT2D eigenvalue weighted by Gasteiger charge is 2.16. The minimum atomic E-state index is 0.154. The number of thiazole rings is 1. The van der Waals surface area contributed by atoms with Crippen molar-refractivity contribution in [1.82, 2.24) is 19.7 Å². The number of rotatable bonds is 4. The molecular formula is C11H16N4S2. The van der Waals surface area contributed by atoms with Crippen molar-refractivity contribution in [3.05, 3.63) is 26.7 Å². The van der Waals surface area contributed by atoms with Crippen LogP contribution >= 0.6 is 23.6 Å². The molecule has 2 aromatic heterocycles. The van der Waals surface area contributed by atoms with Gasteiger partial charge in [0, 0.05) is 17.5 Å². The molecule has 0 aromatic carbocycles. The molecule has 2 aromatic rings. The van der Waals surface area contributed by atoms with Gasteiger partial charge in [-0.1, -0.05) is 6.92 Å². The van der Waals surface area contributed by atoms with Gasteiger partial charge in [0.2, 0.25) is 0 Å². The van der Waals surface area contributed by atoms with E-state index in [9.17, 15) is 0 Å². The van der Waals surface area contributed by atoms with E-state index in [1.807, 2.05) is 6.92 Å². The molecule has 17 heavy (non-hydrogen) atoms. The largest absolute Gasteiger partial charge is 0.294 e. The van der Waals surface area contributed by atoms with Gasteiger partial charge in [-0.25, -0.2) is 4.98 Å². The smallest absolute Gasteiger partial charge is 0.195 e. The molecule has 0 radical (unpaired) electrons. The van der Waals surface area contributed by atoms with Crippen molar-refractivity contribution in [2.75, 3.05) is 0 Å². The molecule has 1 unspecified atom stereocenters. The van der Waals surface area contributed by atoms with Gasteiger partial charge in [0.05, 0.1) is 6.04 Å². The summed E-state index contributed by atoms with van der Waals surface area (Å²) in [4.78, 5) is 4.52. The van der Waals surface area contributed by atoms with E-state index in [4.69, 9.17) is 12.2 Å². The van der Waals surface area contributed by atoms with Crippen LogP contribution in [0.15, 0.2) is 5.38 Å². The van der Waals surface area contributed by atoms with Crippen molar-refractivity contribution < 1.29 is 0 Å². The molecule has 92 valence electrons. The molecule has 4 nitrogen and oxygen atoms in total. The number of H-pyrrole nitrogens is 1. The lowest BCUT2D eigenvalue weighted by atomic mass is 10.3. The zero-order valence-corrected chi connectivity index (χ0v) is 11.9. The molecule has 0 spiro atoms. The van der Waals surface area contributed by atoms with Crippen LogP contribution in [0.2, 0.25) is 0 Å². The van der Waals surface area contributed by atoms with E-state index in [1.54, 1.807) is 11.3 Å². The predicted molar refractivity (Wildman–Crippen MR) is 72.1 cm³/mol. The number of aryl methyl sites for hydroxylation is 2. The maximum atomic E-state index is 5.29. The standard InChI is InChI=1S/C11H16N4S2/c1-4-5-9-13-14-11(16)15(9)8(3)10-12-7(2)6-17-10/h6,8H,4-5H2,1-3H3,(H,14,16). The van der Waals surface area contributed by atoms with Crippen molar-refractivity contribution in [1.29, 1.82) is 0 Å². The lowest BCUT2D eigenvalue weighted by Gasteiger charge is -2.12. The average molecular weight is 268 g/mol. The number of aromatic amines is 1. The molecule has 0 bridgehead atoms. The van der Waals surface area contributed by atoms with Crippen LogP contribution in [0.5, 0.6) is 0 Å². The highest BCUT2D eigenvalue weighted by Crippen LogP contribution is 2.23. The fraction of sp³-hybridized carbons (Fsp3) is 0.545. The Morgan fingerprint density at radius 1 is 1.59 bits per heavy atom. The lowest BCUT2D eigenvalue weighted by molar-refractivity contribution is 0.586. The fourth-order valence-corrected chi connectivity index (χ4v) is 2.96. The van der Waals surface area contributed by atoms with Gasteiger partial charge in [-0.2, -0.15) is 5.10 Å². The van der Waals surface area contributed by atoms with E-state index < -0.39 is 0 Å². The van der Waals surface area contributed by atoms with Gasteiger partial charge < -0.3 is 0 Å². The van der Waals surface area contributed by atoms with Gasteiger partial charge in [-0.15, -0.1) is 11.3 Å². The molecule has 0 saturated carbocycles. The molecule has 6 heteroatoms. The summed E-state index contributed by atoms with van der Waals surface area (Å²) in [5.74, 6) is 1.01. The topological polar surface area (TPSA) is 46.5 Å². The van der Waals surface area contributed by atoms with E-state index in [0.29, 0.717) is 4.77 Å². The van der Waals surface area contributed by atoms with E-state index >= 15 is 0 Å². The van der Waals surface area contributed by atoms with Crippen molar-refractivity contribution >= 4 is 23.6 Å². The van der Waals surface area contributed by atoms with Crippen LogP contribution in [0.25, 0.3) is 0 Å². The third kappa shape index (κ3) is 2.47. The van der Waals surface area contributed by atoms with Gasteiger partial charge in [-0.05, 0) is 32.5 Å². The van der Waals surface area contributed by atoms with Gasteiger partial charge in [-0.3, -0.25) is 9.67 Å². The molecule has 0 aliphatic rings. The number of hydrogen-bond acceptors (Lipinski definition) is 4. The maximum absolute atomic E-state index is 5.29. The molecule has 1 atom stereocenters. The lowest BCUT2D eigenvalue weighted by Crippen LogP contribution is -2.10. The Morgan fingerprint density at radius 3 is 2.94 bits per heavy atom. The number of nitrogens with one attached hydrogen (secondary N) is 1. The zero-order valence-electron chi connectivity index (χ0n) is 10.2. The Morgan fingerprint density at radius 2 is 2.35 bits per heavy atom. The second-order valence-corrected chi connectivity index (χ2v) is 5.34. The first-order valence-electron chi connectivity index (χ1n) is 5.71. The Balaban J connectivity index is 2.39. The Labute approximate surface area is 110 Å². The quantitative estimate of drug-likeness (QED) is 0.866. The van der Waals surface area contributed by atoms with Crippen LogP contribution in [-0.4, -0.2) is 19.7 Å². The second-order valence-electron chi connectivity index (χ2n) is 4.07. The molecular weight excluding hydrogens is 252 g/mol. The molecule has 2 heterocycles. The summed E-state index contributed by atoms with van der Waals surface area (Å²) in [7, 11) is 0. The van der Waals surface area contributed by atoms with E-state index in [1.165, 1.54) is 0 Å². The Kier molecular flexibility index (Phi) is 3.73. The van der Waals surface area contributed by atoms with Crippen molar-refractivity contribution in [2.45, 2.75) is 39.7 Å². The highest BCUT2D eigenvalue weighted by molar-refractivity contribution is 7.71. The minimum Gasteiger partial charge on any atom is -0.294 e. The van der Waals surface area contributed by atoms with E-state index in [-0.39, 0.29) is 6.04 Å². The molecule has 0 aliphatic heterocycles. The third-order valence-electron chi connectivity index (χ3n) is 2.63. The summed E-state index contributed by atoms with van der Waals surface area (Å²) in [6, 6.07) is 0.154. The summed E-state index contributed by atoms with van der Waals surface area (Å²) in [6.07, 6.45) is 1.99. The summed E-state index contributed by atoms with van der Waals surface area (Å²) >= 11 is 6.96. The van der Waals surface area contributed by atoms with Crippen LogP contribution in [0.4, 0.5) is 0 Å². The minimum absolute atomic E-state index is 0.154. The molecule has 0 amide bonds. The average Bonchev–Trinajstić information content (AvgIpc) is 2.86. The van der Waals surface area contributed by atoms with E-state index in [2.05, 4.69) is 39.0 Å². The molecule has 0 saturated heterocycles. The molecule has 0 aliphatic carbocycles. The van der Waals surface area contributed by atoms with Gasteiger partial charge in [0.1, 0.15) is 10.8 Å². The number of hydrogen-bond donors (Lipinski definition) is 1. The van der Waals surface area contributed by atoms with Crippen LogP contribution in [0, 0.1) is 11.7 Å². The predicted octanol–water partition coefficient (Wildman–Crippen LogP) is 3.27. The highest BCUT2D eigenvalue weighted by atomic mass is 32.1. The molecule has 0 fully saturated rings. The van der Waals surface area contributed by atoms with Crippen LogP contribution in [0.3, 0.4) is 0 Å². The van der Waals surface area contributed by atoms with Crippen LogP contribution < -0.4 is 0 Å². The summed E-state index contributed by atoms with van der Waals surface area (Å²) in [5, 5.41) is 10.3. The number of aromatic nitrogens is 4. The fourth-order valence-electron chi connectivity index (χ4n) is 1.81. The molecule has 1 N–H and O–H groups in total. The first-order valence-corrected chi connectivity index (χ1v) is 7.00. The van der Waals surface area contributed by atoms with E-state index in [0.717, 1.165) is 29.4 Å². The second kappa shape index (κ2) is 5.10. The normalized spacial score (nSPS) is 12.9. The first kappa shape index (κ1) is 12.4. The third-order valence-corrected chi connectivity index (χ3v) is 4.05. The zero-order chi connectivity index (χ0) is 12.4. The number of nitrogens with zero attached hydrogens (tertiary/aromatic N) is 3. The van der Waals surface area contributed by atoms with Crippen LogP contribution in [0.1, 0.15) is 42.8 Å². The molecule has 2 rings (SSSR count). The SMILES string of the molecule is CCCc1n[nH]c(=S)n1C(C)c1nc(C)cs1. The van der Waals surface area contributed by atoms with Crippen molar-refractivity contribution in [2.24, 2.45) is 0 Å². The summed E-state index contributed by atoms with van der Waals surface area (Å²) in [6.45, 7) is 6.26. The monoisotopic (exact) mass is 268 g/mol. The van der Waals surface area contributed by atoms with Crippen molar-refractivity contribution in [3.8, 4) is 0 Å². The first-order chi connectivity index (χ1) is 8.13. The Hall–Kier alpha value is -1.01. The summed E-state index contributed by atoms with van der Waals surface area (Å²) in [5.41, 5.74) is 1.06. The summed E-state index contributed by atoms with van der Waals surface area (Å²) < 4.78 is 2.74. The Bertz CT molecular complexity index is 552. The van der Waals surface area contributed by atoms with Crippen molar-refractivity contribution in [3.63, 3.8) is 0 Å². The van der Waals surface area contributed by atoms with Crippen LogP contribution in [-0.2, 0) is 6.42 Å². The van der Waals surface area contributed by atoms with Gasteiger partial charge in [0.15, 0.2) is 4.77 Å². The van der Waals surface area contributed by atoms with Gasteiger partial charge >= 0.3 is 0 Å².